The van der Waals surface area contributed by atoms with Crippen molar-refractivity contribution in [3.8, 4) is 11.3 Å². The molecule has 0 aliphatic rings. The van der Waals surface area contributed by atoms with Gasteiger partial charge in [-0.1, -0.05) is 30.3 Å². The number of hydrogen-bond acceptors (Lipinski definition) is 1. The summed E-state index contributed by atoms with van der Waals surface area (Å²) >= 11 is 0. The van der Waals surface area contributed by atoms with Gasteiger partial charge in [0.15, 0.2) is 0 Å². The maximum Gasteiger partial charge on any atom is 0.122 e. The van der Waals surface area contributed by atoms with E-state index < -0.39 is 0 Å². The van der Waals surface area contributed by atoms with Crippen LogP contribution < -0.4 is 5.73 Å². The molecule has 96 valence electrons. The SMILES string of the molecule is Cl.N=C(N)c1ccc2[nH]c(-c3ccccc3)cc2c1. The van der Waals surface area contributed by atoms with Crippen LogP contribution in [0.1, 0.15) is 5.56 Å². The van der Waals surface area contributed by atoms with Crippen LogP contribution in [0.2, 0.25) is 0 Å². The highest BCUT2D eigenvalue weighted by molar-refractivity contribution is 5.99. The minimum atomic E-state index is 0. The van der Waals surface area contributed by atoms with Gasteiger partial charge in [0.25, 0.3) is 0 Å². The Morgan fingerprint density at radius 3 is 2.42 bits per heavy atom. The fraction of sp³-hybridized carbons (Fsp3) is 0. The summed E-state index contributed by atoms with van der Waals surface area (Å²) in [7, 11) is 0. The summed E-state index contributed by atoms with van der Waals surface area (Å²) in [6.45, 7) is 0. The molecule has 19 heavy (non-hydrogen) atoms. The summed E-state index contributed by atoms with van der Waals surface area (Å²) < 4.78 is 0. The van der Waals surface area contributed by atoms with Crippen molar-refractivity contribution >= 4 is 29.1 Å². The molecule has 1 aromatic heterocycles. The molecule has 3 rings (SSSR count). The lowest BCUT2D eigenvalue weighted by Gasteiger charge is -1.96. The number of nitrogen functional groups attached to an aromatic ring is 1. The molecular formula is C15H14ClN3. The first-order chi connectivity index (χ1) is 8.74. The molecule has 0 aliphatic heterocycles. The van der Waals surface area contributed by atoms with Crippen LogP contribution in [-0.2, 0) is 0 Å². The fourth-order valence-corrected chi connectivity index (χ4v) is 2.07. The van der Waals surface area contributed by atoms with E-state index in [0.717, 1.165) is 27.7 Å². The van der Waals surface area contributed by atoms with Crippen molar-refractivity contribution in [1.29, 1.82) is 5.41 Å². The van der Waals surface area contributed by atoms with Gasteiger partial charge in [0, 0.05) is 22.2 Å². The van der Waals surface area contributed by atoms with E-state index in [1.807, 2.05) is 36.4 Å². The maximum atomic E-state index is 7.45. The molecule has 0 radical (unpaired) electrons. The Kier molecular flexibility index (Phi) is 3.58. The maximum absolute atomic E-state index is 7.45. The van der Waals surface area contributed by atoms with Crippen molar-refractivity contribution in [3.05, 3.63) is 60.2 Å². The van der Waals surface area contributed by atoms with E-state index in [2.05, 4.69) is 23.2 Å². The third-order valence-electron chi connectivity index (χ3n) is 3.02. The normalized spacial score (nSPS) is 10.1. The monoisotopic (exact) mass is 271 g/mol. The van der Waals surface area contributed by atoms with Crippen molar-refractivity contribution in [2.75, 3.05) is 0 Å². The molecule has 0 saturated heterocycles. The van der Waals surface area contributed by atoms with Gasteiger partial charge in [0.2, 0.25) is 0 Å². The molecular weight excluding hydrogens is 258 g/mol. The van der Waals surface area contributed by atoms with Gasteiger partial charge in [-0.05, 0) is 29.8 Å². The number of H-pyrrole nitrogens is 1. The topological polar surface area (TPSA) is 65.7 Å². The molecule has 4 N–H and O–H groups in total. The molecule has 0 bridgehead atoms. The van der Waals surface area contributed by atoms with Crippen LogP contribution in [0, 0.1) is 5.41 Å². The van der Waals surface area contributed by atoms with Gasteiger partial charge in [-0.3, -0.25) is 5.41 Å². The number of aromatic amines is 1. The number of hydrogen-bond donors (Lipinski definition) is 3. The molecule has 0 amide bonds. The third kappa shape index (κ3) is 2.46. The molecule has 3 nitrogen and oxygen atoms in total. The zero-order valence-electron chi connectivity index (χ0n) is 10.2. The molecule has 4 heteroatoms. The van der Waals surface area contributed by atoms with Crippen molar-refractivity contribution in [2.24, 2.45) is 5.73 Å². The number of fused-ring (bicyclic) bond motifs is 1. The van der Waals surface area contributed by atoms with E-state index in [4.69, 9.17) is 11.1 Å². The molecule has 0 aliphatic carbocycles. The standard InChI is InChI=1S/C15H13N3.ClH/c16-15(17)11-6-7-13-12(8-11)9-14(18-13)10-4-2-1-3-5-10;/h1-9,18H,(H3,16,17);1H. The largest absolute Gasteiger partial charge is 0.384 e. The van der Waals surface area contributed by atoms with Crippen LogP contribution in [0.15, 0.2) is 54.6 Å². The predicted octanol–water partition coefficient (Wildman–Crippen LogP) is 3.54. The Bertz CT molecular complexity index is 717. The predicted molar refractivity (Wildman–Crippen MR) is 82.0 cm³/mol. The van der Waals surface area contributed by atoms with Gasteiger partial charge in [-0.2, -0.15) is 0 Å². The smallest absolute Gasteiger partial charge is 0.122 e. The van der Waals surface area contributed by atoms with E-state index in [1.165, 1.54) is 0 Å². The Hall–Kier alpha value is -2.26. The van der Waals surface area contributed by atoms with Crippen LogP contribution >= 0.6 is 12.4 Å². The zero-order valence-corrected chi connectivity index (χ0v) is 11.0. The number of amidine groups is 1. The van der Waals surface area contributed by atoms with Crippen molar-refractivity contribution in [2.45, 2.75) is 0 Å². The van der Waals surface area contributed by atoms with Crippen molar-refractivity contribution in [3.63, 3.8) is 0 Å². The van der Waals surface area contributed by atoms with Gasteiger partial charge in [-0.25, -0.2) is 0 Å². The van der Waals surface area contributed by atoms with Crippen molar-refractivity contribution < 1.29 is 0 Å². The summed E-state index contributed by atoms with van der Waals surface area (Å²) in [5, 5.41) is 8.52. The van der Waals surface area contributed by atoms with Crippen LogP contribution in [0.25, 0.3) is 22.2 Å². The highest BCUT2D eigenvalue weighted by atomic mass is 35.5. The summed E-state index contributed by atoms with van der Waals surface area (Å²) in [4.78, 5) is 3.37. The fourth-order valence-electron chi connectivity index (χ4n) is 2.07. The van der Waals surface area contributed by atoms with Crippen molar-refractivity contribution in [1.82, 2.24) is 4.98 Å². The molecule has 3 aromatic rings. The molecule has 0 unspecified atom stereocenters. The Morgan fingerprint density at radius 2 is 1.74 bits per heavy atom. The number of nitrogens with two attached hydrogens (primary N) is 1. The lowest BCUT2D eigenvalue weighted by Crippen LogP contribution is -2.10. The van der Waals surface area contributed by atoms with E-state index >= 15 is 0 Å². The van der Waals surface area contributed by atoms with E-state index in [9.17, 15) is 0 Å². The highest BCUT2D eigenvalue weighted by Gasteiger charge is 2.04. The van der Waals surface area contributed by atoms with Gasteiger partial charge in [0.1, 0.15) is 5.84 Å². The van der Waals surface area contributed by atoms with Crippen LogP contribution in [-0.4, -0.2) is 10.8 Å². The average Bonchev–Trinajstić information content (AvgIpc) is 2.82. The summed E-state index contributed by atoms with van der Waals surface area (Å²) in [5.41, 5.74) is 9.53. The highest BCUT2D eigenvalue weighted by Crippen LogP contribution is 2.24. The second-order valence-corrected chi connectivity index (χ2v) is 4.26. The minimum absolute atomic E-state index is 0. The van der Waals surface area contributed by atoms with E-state index in [0.29, 0.717) is 0 Å². The minimum Gasteiger partial charge on any atom is -0.384 e. The number of rotatable bonds is 2. The Morgan fingerprint density at radius 1 is 1.00 bits per heavy atom. The Labute approximate surface area is 117 Å². The quantitative estimate of drug-likeness (QED) is 0.484. The number of aromatic nitrogens is 1. The van der Waals surface area contributed by atoms with E-state index in [1.54, 1.807) is 0 Å². The molecule has 0 atom stereocenters. The summed E-state index contributed by atoms with van der Waals surface area (Å²) in [6.07, 6.45) is 0. The second-order valence-electron chi connectivity index (χ2n) is 4.26. The zero-order chi connectivity index (χ0) is 12.5. The Balaban J connectivity index is 0.00000133. The summed E-state index contributed by atoms with van der Waals surface area (Å²) in [6, 6.07) is 18.0. The first-order valence-electron chi connectivity index (χ1n) is 5.76. The van der Waals surface area contributed by atoms with Gasteiger partial charge in [-0.15, -0.1) is 12.4 Å². The number of benzene rings is 2. The number of halogens is 1. The number of nitrogens with one attached hydrogen (secondary N) is 2. The second kappa shape index (κ2) is 5.16. The average molecular weight is 272 g/mol. The molecule has 0 saturated carbocycles. The first-order valence-corrected chi connectivity index (χ1v) is 5.76. The van der Waals surface area contributed by atoms with Gasteiger partial charge < -0.3 is 10.7 Å². The first kappa shape index (κ1) is 13.2. The molecule has 0 fully saturated rings. The van der Waals surface area contributed by atoms with Crippen LogP contribution in [0.3, 0.4) is 0 Å². The third-order valence-corrected chi connectivity index (χ3v) is 3.02. The van der Waals surface area contributed by atoms with Gasteiger partial charge >= 0.3 is 0 Å². The molecule has 2 aromatic carbocycles. The molecule has 0 spiro atoms. The lowest BCUT2D eigenvalue weighted by molar-refractivity contribution is 1.42. The van der Waals surface area contributed by atoms with Crippen LogP contribution in [0.4, 0.5) is 0 Å². The van der Waals surface area contributed by atoms with Gasteiger partial charge in [0.05, 0.1) is 0 Å². The lowest BCUT2D eigenvalue weighted by atomic mass is 10.1. The molecule has 1 heterocycles. The van der Waals surface area contributed by atoms with Crippen LogP contribution in [0.5, 0.6) is 0 Å². The summed E-state index contributed by atoms with van der Waals surface area (Å²) in [5.74, 6) is 0.0966. The van der Waals surface area contributed by atoms with E-state index in [-0.39, 0.29) is 18.2 Å².